The summed E-state index contributed by atoms with van der Waals surface area (Å²) in [5.74, 6) is 0.299. The summed E-state index contributed by atoms with van der Waals surface area (Å²) in [7, 11) is -1.27. The van der Waals surface area contributed by atoms with Crippen molar-refractivity contribution in [3.8, 4) is 6.01 Å². The fraction of sp³-hybridized carbons (Fsp3) is 0.231. The van der Waals surface area contributed by atoms with Crippen LogP contribution in [0, 0.1) is 6.92 Å². The van der Waals surface area contributed by atoms with E-state index < -0.39 is 16.1 Å². The number of carbonyl (C=O) groups is 1. The number of hydrogen-bond acceptors (Lipinski definition) is 7. The van der Waals surface area contributed by atoms with Crippen molar-refractivity contribution in [1.29, 1.82) is 0 Å². The highest BCUT2D eigenvalue weighted by Gasteiger charge is 2.22. The Kier molecular flexibility index (Phi) is 4.74. The van der Waals surface area contributed by atoms with Gasteiger partial charge in [-0.05, 0) is 19.1 Å². The van der Waals surface area contributed by atoms with Crippen LogP contribution in [0.1, 0.15) is 5.82 Å². The molecular weight excluding hydrogens is 322 g/mol. The van der Waals surface area contributed by atoms with Crippen molar-refractivity contribution in [2.45, 2.75) is 11.8 Å². The van der Waals surface area contributed by atoms with Gasteiger partial charge in [-0.3, -0.25) is 4.90 Å². The van der Waals surface area contributed by atoms with Crippen molar-refractivity contribution in [1.82, 2.24) is 19.7 Å². The highest BCUT2D eigenvalue weighted by molar-refractivity contribution is 7.90. The average Bonchev–Trinajstić information content (AvgIpc) is 2.53. The number of methoxy groups -OCH3 is 1. The van der Waals surface area contributed by atoms with Gasteiger partial charge in [-0.15, -0.1) is 0 Å². The molecule has 0 unspecified atom stereocenters. The summed E-state index contributed by atoms with van der Waals surface area (Å²) in [6.45, 7) is 1.60. The van der Waals surface area contributed by atoms with Gasteiger partial charge in [-0.1, -0.05) is 18.2 Å². The van der Waals surface area contributed by atoms with Crippen LogP contribution in [0.25, 0.3) is 0 Å². The van der Waals surface area contributed by atoms with Gasteiger partial charge in [0.2, 0.25) is 5.95 Å². The Morgan fingerprint density at radius 3 is 2.43 bits per heavy atom. The second-order valence-corrected chi connectivity index (χ2v) is 6.13. The van der Waals surface area contributed by atoms with Gasteiger partial charge in [-0.25, -0.2) is 17.9 Å². The molecule has 0 radical (unpaired) electrons. The molecule has 1 heterocycles. The van der Waals surface area contributed by atoms with Crippen LogP contribution in [-0.2, 0) is 10.0 Å². The zero-order chi connectivity index (χ0) is 17.0. The minimum atomic E-state index is -3.98. The Labute approximate surface area is 133 Å². The Morgan fingerprint density at radius 1 is 1.17 bits per heavy atom. The van der Waals surface area contributed by atoms with Crippen molar-refractivity contribution in [2.75, 3.05) is 19.1 Å². The lowest BCUT2D eigenvalue weighted by Gasteiger charge is -2.16. The Bertz CT molecular complexity index is 810. The normalized spacial score (nSPS) is 10.9. The molecule has 0 saturated carbocycles. The molecule has 0 atom stereocenters. The number of nitrogens with zero attached hydrogens (tertiary/aromatic N) is 4. The standard InChI is InChI=1S/C13H15N5O4S/c1-9-14-11(16-12(15-9)22-3)18(2)13(19)17-23(20,21)10-7-5-4-6-8-10/h4-8H,1-3H3,(H,17,19). The third kappa shape index (κ3) is 3.92. The van der Waals surface area contributed by atoms with Crippen LogP contribution >= 0.6 is 0 Å². The molecule has 0 aliphatic rings. The molecule has 0 bridgehead atoms. The predicted molar refractivity (Wildman–Crippen MR) is 81.7 cm³/mol. The minimum absolute atomic E-state index is 0.0221. The van der Waals surface area contributed by atoms with Crippen LogP contribution in [0.5, 0.6) is 6.01 Å². The number of sulfonamides is 1. The van der Waals surface area contributed by atoms with E-state index in [4.69, 9.17) is 4.74 Å². The minimum Gasteiger partial charge on any atom is -0.467 e. The third-order valence-electron chi connectivity index (χ3n) is 2.78. The fourth-order valence-corrected chi connectivity index (χ4v) is 2.62. The number of urea groups is 1. The first-order chi connectivity index (χ1) is 10.8. The molecule has 1 aromatic heterocycles. The second kappa shape index (κ2) is 6.57. The lowest BCUT2D eigenvalue weighted by molar-refractivity contribution is 0.251. The Hall–Kier alpha value is -2.75. The van der Waals surface area contributed by atoms with Crippen molar-refractivity contribution < 1.29 is 17.9 Å². The number of aryl methyl sites for hydroxylation is 1. The lowest BCUT2D eigenvalue weighted by Crippen LogP contribution is -2.41. The molecule has 0 saturated heterocycles. The molecule has 0 aliphatic heterocycles. The molecule has 10 heteroatoms. The van der Waals surface area contributed by atoms with E-state index in [1.807, 2.05) is 4.72 Å². The van der Waals surface area contributed by atoms with Gasteiger partial charge in [0.25, 0.3) is 10.0 Å². The number of rotatable bonds is 4. The zero-order valence-corrected chi connectivity index (χ0v) is 13.5. The molecular formula is C13H15N5O4S. The van der Waals surface area contributed by atoms with E-state index in [-0.39, 0.29) is 16.9 Å². The van der Waals surface area contributed by atoms with Gasteiger partial charge >= 0.3 is 12.0 Å². The smallest absolute Gasteiger partial charge is 0.337 e. The van der Waals surface area contributed by atoms with Gasteiger partial charge in [0, 0.05) is 7.05 Å². The second-order valence-electron chi connectivity index (χ2n) is 4.45. The van der Waals surface area contributed by atoms with Crippen LogP contribution in [-0.4, -0.2) is 43.6 Å². The fourth-order valence-electron chi connectivity index (χ4n) is 1.62. The molecule has 9 nitrogen and oxygen atoms in total. The molecule has 0 spiro atoms. The highest BCUT2D eigenvalue weighted by Crippen LogP contribution is 2.12. The summed E-state index contributed by atoms with van der Waals surface area (Å²) in [6, 6.07) is 6.68. The molecule has 1 N–H and O–H groups in total. The summed E-state index contributed by atoms with van der Waals surface area (Å²) >= 11 is 0. The van der Waals surface area contributed by atoms with Crippen LogP contribution in [0.4, 0.5) is 10.7 Å². The zero-order valence-electron chi connectivity index (χ0n) is 12.7. The number of benzene rings is 1. The maximum atomic E-state index is 12.1. The summed E-state index contributed by atoms with van der Waals surface area (Å²) < 4.78 is 31.1. The van der Waals surface area contributed by atoms with E-state index in [9.17, 15) is 13.2 Å². The number of nitrogens with one attached hydrogen (secondary N) is 1. The first-order valence-electron chi connectivity index (χ1n) is 6.45. The lowest BCUT2D eigenvalue weighted by atomic mass is 10.4. The van der Waals surface area contributed by atoms with E-state index in [0.717, 1.165) is 4.90 Å². The third-order valence-corrected chi connectivity index (χ3v) is 4.11. The molecule has 122 valence electrons. The molecule has 2 amide bonds. The van der Waals surface area contributed by atoms with E-state index in [0.29, 0.717) is 5.82 Å². The quantitative estimate of drug-likeness (QED) is 0.874. The molecule has 2 aromatic rings. The predicted octanol–water partition coefficient (Wildman–Crippen LogP) is 0.723. The van der Waals surface area contributed by atoms with Gasteiger partial charge in [0.1, 0.15) is 5.82 Å². The van der Waals surface area contributed by atoms with Crippen molar-refractivity contribution >= 4 is 22.0 Å². The van der Waals surface area contributed by atoms with Crippen LogP contribution in [0.15, 0.2) is 35.2 Å². The monoisotopic (exact) mass is 337 g/mol. The first-order valence-corrected chi connectivity index (χ1v) is 7.94. The van der Waals surface area contributed by atoms with Gasteiger partial charge in [-0.2, -0.15) is 15.0 Å². The van der Waals surface area contributed by atoms with Crippen LogP contribution < -0.4 is 14.4 Å². The number of carbonyl (C=O) groups excluding carboxylic acids is 1. The topological polar surface area (TPSA) is 114 Å². The number of aromatic nitrogens is 3. The van der Waals surface area contributed by atoms with Gasteiger partial charge in [0.15, 0.2) is 0 Å². The van der Waals surface area contributed by atoms with E-state index >= 15 is 0 Å². The summed E-state index contributed by atoms with van der Waals surface area (Å²) in [5, 5.41) is 0. The molecule has 0 fully saturated rings. The molecule has 23 heavy (non-hydrogen) atoms. The van der Waals surface area contributed by atoms with Crippen LogP contribution in [0.2, 0.25) is 0 Å². The summed E-state index contributed by atoms with van der Waals surface area (Å²) in [6.07, 6.45) is 0. The van der Waals surface area contributed by atoms with E-state index in [1.165, 1.54) is 26.3 Å². The average molecular weight is 337 g/mol. The largest absolute Gasteiger partial charge is 0.467 e. The van der Waals surface area contributed by atoms with Crippen molar-refractivity contribution in [2.24, 2.45) is 0 Å². The summed E-state index contributed by atoms with van der Waals surface area (Å²) in [4.78, 5) is 24.8. The van der Waals surface area contributed by atoms with E-state index in [1.54, 1.807) is 25.1 Å². The SMILES string of the molecule is COc1nc(C)nc(N(C)C(=O)NS(=O)(=O)c2ccccc2)n1. The highest BCUT2D eigenvalue weighted by atomic mass is 32.2. The first kappa shape index (κ1) is 16.6. The Morgan fingerprint density at radius 2 is 1.83 bits per heavy atom. The van der Waals surface area contributed by atoms with Crippen molar-refractivity contribution in [3.05, 3.63) is 36.2 Å². The molecule has 2 rings (SSSR count). The maximum absolute atomic E-state index is 12.1. The summed E-state index contributed by atoms with van der Waals surface area (Å²) in [5.41, 5.74) is 0. The number of hydrogen-bond donors (Lipinski definition) is 1. The number of anilines is 1. The molecule has 0 aliphatic carbocycles. The van der Waals surface area contributed by atoms with Gasteiger partial charge < -0.3 is 4.74 Å². The Balaban J connectivity index is 2.22. The van der Waals surface area contributed by atoms with Crippen molar-refractivity contribution in [3.63, 3.8) is 0 Å². The van der Waals surface area contributed by atoms with Crippen LogP contribution in [0.3, 0.4) is 0 Å². The maximum Gasteiger partial charge on any atom is 0.337 e. The molecule has 1 aromatic carbocycles. The van der Waals surface area contributed by atoms with E-state index in [2.05, 4.69) is 15.0 Å². The number of ether oxygens (including phenoxy) is 1. The number of amides is 2. The van der Waals surface area contributed by atoms with Gasteiger partial charge in [0.05, 0.1) is 12.0 Å².